The monoisotopic (exact) mass is 321 g/mol. The fourth-order valence-electron chi connectivity index (χ4n) is 2.19. The fourth-order valence-corrected chi connectivity index (χ4v) is 2.19. The maximum atomic E-state index is 12.3. The van der Waals surface area contributed by atoms with Gasteiger partial charge in [0.2, 0.25) is 0 Å². The number of carbonyl (C=O) groups excluding carboxylic acids is 2. The summed E-state index contributed by atoms with van der Waals surface area (Å²) in [7, 11) is 0. The Balaban J connectivity index is 2.55. The van der Waals surface area contributed by atoms with E-state index in [-0.39, 0.29) is 36.7 Å². The third-order valence-electron chi connectivity index (χ3n) is 3.17. The van der Waals surface area contributed by atoms with Crippen molar-refractivity contribution in [2.45, 2.75) is 26.7 Å². The van der Waals surface area contributed by atoms with E-state index in [1.807, 2.05) is 0 Å². The Morgan fingerprint density at radius 1 is 1.17 bits per heavy atom. The number of fused-ring (bicyclic) bond motifs is 1. The highest BCUT2D eigenvalue weighted by atomic mass is 16.5. The van der Waals surface area contributed by atoms with E-state index in [9.17, 15) is 9.59 Å². The quantitative estimate of drug-likeness (QED) is 0.759. The first-order valence-electron chi connectivity index (χ1n) is 7.44. The normalized spacial score (nSPS) is 10.7. The third kappa shape index (κ3) is 3.48. The molecule has 2 aromatic heterocycles. The SMILES string of the molecule is CCOC(=O)c1cnn2c(C(=O)OCC)c(CCCO)cnc12. The molecule has 1 N–H and O–H groups in total. The minimum Gasteiger partial charge on any atom is -0.462 e. The Morgan fingerprint density at radius 3 is 2.52 bits per heavy atom. The minimum absolute atomic E-state index is 0.00646. The molecule has 124 valence electrons. The molecule has 0 aliphatic heterocycles. The predicted octanol–water partition coefficient (Wildman–Crippen LogP) is 1.01. The smallest absolute Gasteiger partial charge is 0.357 e. The Morgan fingerprint density at radius 2 is 1.87 bits per heavy atom. The highest BCUT2D eigenvalue weighted by molar-refractivity contribution is 5.97. The average molecular weight is 321 g/mol. The van der Waals surface area contributed by atoms with Crippen LogP contribution in [0.4, 0.5) is 0 Å². The lowest BCUT2D eigenvalue weighted by atomic mass is 10.1. The van der Waals surface area contributed by atoms with Crippen molar-refractivity contribution in [1.29, 1.82) is 0 Å². The molecule has 0 aromatic carbocycles. The molecule has 0 spiro atoms. The maximum Gasteiger partial charge on any atom is 0.357 e. The predicted molar refractivity (Wildman–Crippen MR) is 80.3 cm³/mol. The summed E-state index contributed by atoms with van der Waals surface area (Å²) in [5.41, 5.74) is 1.23. The van der Waals surface area contributed by atoms with Crippen LogP contribution in [0.15, 0.2) is 12.4 Å². The van der Waals surface area contributed by atoms with Crippen molar-refractivity contribution in [2.24, 2.45) is 0 Å². The van der Waals surface area contributed by atoms with Crippen LogP contribution in [0.2, 0.25) is 0 Å². The van der Waals surface area contributed by atoms with Gasteiger partial charge < -0.3 is 14.6 Å². The van der Waals surface area contributed by atoms with Crippen molar-refractivity contribution >= 4 is 17.6 Å². The van der Waals surface area contributed by atoms with Crippen molar-refractivity contribution in [1.82, 2.24) is 14.6 Å². The molecule has 0 aliphatic carbocycles. The lowest BCUT2D eigenvalue weighted by Crippen LogP contribution is -2.16. The van der Waals surface area contributed by atoms with Crippen molar-refractivity contribution in [3.8, 4) is 0 Å². The van der Waals surface area contributed by atoms with E-state index >= 15 is 0 Å². The molecule has 2 heterocycles. The topological polar surface area (TPSA) is 103 Å². The van der Waals surface area contributed by atoms with E-state index in [0.717, 1.165) is 0 Å². The zero-order valence-electron chi connectivity index (χ0n) is 13.1. The minimum atomic E-state index is -0.550. The average Bonchev–Trinajstić information content (AvgIpc) is 2.96. The first-order valence-corrected chi connectivity index (χ1v) is 7.44. The number of aryl methyl sites for hydroxylation is 1. The van der Waals surface area contributed by atoms with E-state index in [1.54, 1.807) is 13.8 Å². The number of rotatable bonds is 7. The second-order valence-corrected chi connectivity index (χ2v) is 4.69. The number of esters is 2. The van der Waals surface area contributed by atoms with E-state index in [1.165, 1.54) is 16.9 Å². The molecule has 2 aromatic rings. The standard InChI is InChI=1S/C15H19N3O5/c1-3-22-14(20)11-9-17-18-12(15(21)23-4-2)10(6-5-7-19)8-16-13(11)18/h8-9,19H,3-7H2,1-2H3. The molecule has 8 nitrogen and oxygen atoms in total. The van der Waals surface area contributed by atoms with Crippen LogP contribution in [0, 0.1) is 0 Å². The molecule has 0 saturated carbocycles. The molecule has 0 unspecified atom stereocenters. The van der Waals surface area contributed by atoms with E-state index < -0.39 is 11.9 Å². The number of hydrogen-bond donors (Lipinski definition) is 1. The van der Waals surface area contributed by atoms with Gasteiger partial charge in [-0.1, -0.05) is 0 Å². The van der Waals surface area contributed by atoms with Crippen LogP contribution in [0.25, 0.3) is 5.65 Å². The first-order chi connectivity index (χ1) is 11.1. The largest absolute Gasteiger partial charge is 0.462 e. The van der Waals surface area contributed by atoms with Gasteiger partial charge in [0.1, 0.15) is 5.56 Å². The Hall–Kier alpha value is -2.48. The van der Waals surface area contributed by atoms with Gasteiger partial charge in [0.25, 0.3) is 0 Å². The van der Waals surface area contributed by atoms with Gasteiger partial charge in [-0.2, -0.15) is 5.10 Å². The summed E-state index contributed by atoms with van der Waals surface area (Å²) in [5.74, 6) is -1.10. The zero-order valence-corrected chi connectivity index (χ0v) is 13.1. The van der Waals surface area contributed by atoms with Gasteiger partial charge in [-0.25, -0.2) is 19.1 Å². The molecular weight excluding hydrogens is 302 g/mol. The molecule has 8 heteroatoms. The molecule has 0 fully saturated rings. The number of hydrogen-bond acceptors (Lipinski definition) is 7. The van der Waals surface area contributed by atoms with Crippen LogP contribution in [-0.2, 0) is 15.9 Å². The van der Waals surface area contributed by atoms with Crippen molar-refractivity contribution in [3.05, 3.63) is 29.2 Å². The van der Waals surface area contributed by atoms with Crippen LogP contribution in [-0.4, -0.2) is 51.5 Å². The van der Waals surface area contributed by atoms with Crippen LogP contribution >= 0.6 is 0 Å². The number of nitrogens with zero attached hydrogens (tertiary/aromatic N) is 3. The molecule has 0 aliphatic rings. The van der Waals surface area contributed by atoms with Gasteiger partial charge in [0.05, 0.1) is 19.4 Å². The molecule has 23 heavy (non-hydrogen) atoms. The highest BCUT2D eigenvalue weighted by Crippen LogP contribution is 2.17. The number of carbonyl (C=O) groups is 2. The van der Waals surface area contributed by atoms with Gasteiger partial charge in [0, 0.05) is 18.4 Å². The Kier molecular flexibility index (Phi) is 5.64. The van der Waals surface area contributed by atoms with E-state index in [2.05, 4.69) is 10.1 Å². The summed E-state index contributed by atoms with van der Waals surface area (Å²) in [6.07, 6.45) is 3.74. The summed E-state index contributed by atoms with van der Waals surface area (Å²) in [6.45, 7) is 3.85. The second-order valence-electron chi connectivity index (χ2n) is 4.69. The number of ether oxygens (including phenoxy) is 2. The first kappa shape index (κ1) is 16.9. The van der Waals surface area contributed by atoms with Crippen molar-refractivity contribution < 1.29 is 24.2 Å². The highest BCUT2D eigenvalue weighted by Gasteiger charge is 2.23. The van der Waals surface area contributed by atoms with Crippen LogP contribution in [0.5, 0.6) is 0 Å². The van der Waals surface area contributed by atoms with E-state index in [4.69, 9.17) is 14.6 Å². The molecule has 0 atom stereocenters. The zero-order chi connectivity index (χ0) is 16.8. The number of aliphatic hydroxyl groups excluding tert-OH is 1. The summed E-state index contributed by atoms with van der Waals surface area (Å²) in [4.78, 5) is 28.4. The van der Waals surface area contributed by atoms with Crippen molar-refractivity contribution in [3.63, 3.8) is 0 Å². The van der Waals surface area contributed by atoms with Gasteiger partial charge in [-0.3, -0.25) is 0 Å². The molecule has 2 rings (SSSR count). The maximum absolute atomic E-state index is 12.3. The number of aliphatic hydroxyl groups is 1. The lowest BCUT2D eigenvalue weighted by molar-refractivity contribution is 0.0507. The molecule has 0 saturated heterocycles. The van der Waals surface area contributed by atoms with Crippen molar-refractivity contribution in [2.75, 3.05) is 19.8 Å². The summed E-state index contributed by atoms with van der Waals surface area (Å²) < 4.78 is 11.3. The van der Waals surface area contributed by atoms with Gasteiger partial charge in [-0.05, 0) is 26.7 Å². The van der Waals surface area contributed by atoms with Crippen LogP contribution in [0.1, 0.15) is 46.7 Å². The number of aromatic nitrogens is 3. The molecular formula is C15H19N3O5. The lowest BCUT2D eigenvalue weighted by Gasteiger charge is -2.10. The van der Waals surface area contributed by atoms with Gasteiger partial charge >= 0.3 is 11.9 Å². The molecule has 0 radical (unpaired) electrons. The Bertz CT molecular complexity index is 710. The summed E-state index contributed by atoms with van der Waals surface area (Å²) >= 11 is 0. The van der Waals surface area contributed by atoms with E-state index in [0.29, 0.717) is 18.4 Å². The van der Waals surface area contributed by atoms with Crippen LogP contribution < -0.4 is 0 Å². The molecule has 0 bridgehead atoms. The Labute approximate surface area is 133 Å². The summed E-state index contributed by atoms with van der Waals surface area (Å²) in [6, 6.07) is 0. The van der Waals surface area contributed by atoms with Gasteiger partial charge in [0.15, 0.2) is 11.3 Å². The molecule has 0 amide bonds. The fraction of sp³-hybridized carbons (Fsp3) is 0.467. The third-order valence-corrected chi connectivity index (χ3v) is 3.17. The summed E-state index contributed by atoms with van der Waals surface area (Å²) in [5, 5.41) is 13.1. The van der Waals surface area contributed by atoms with Crippen LogP contribution in [0.3, 0.4) is 0 Å². The second kappa shape index (κ2) is 7.68. The van der Waals surface area contributed by atoms with Gasteiger partial charge in [-0.15, -0.1) is 0 Å².